The number of nitrogens with zero attached hydrogens (tertiary/aromatic N) is 4. The van der Waals surface area contributed by atoms with E-state index < -0.39 is 0 Å². The molecule has 28 heavy (non-hydrogen) atoms. The Kier molecular flexibility index (Phi) is 3.89. The van der Waals surface area contributed by atoms with E-state index in [1.54, 1.807) is 16.6 Å². The molecule has 1 amide bonds. The minimum Gasteiger partial charge on any atom is -0.354 e. The van der Waals surface area contributed by atoms with Gasteiger partial charge in [0.1, 0.15) is 11.9 Å². The van der Waals surface area contributed by atoms with Crippen molar-refractivity contribution in [1.82, 2.24) is 24.9 Å². The number of carbonyl (C=O) groups excluding carboxylic acids is 1. The number of amides is 1. The van der Waals surface area contributed by atoms with Crippen molar-refractivity contribution in [2.24, 2.45) is 0 Å². The number of benzene rings is 2. The number of aromatic nitrogens is 4. The van der Waals surface area contributed by atoms with Gasteiger partial charge in [-0.05, 0) is 49.2 Å². The molecule has 2 N–H and O–H groups in total. The summed E-state index contributed by atoms with van der Waals surface area (Å²) in [6.45, 7) is 0.690. The zero-order chi connectivity index (χ0) is 19.1. The van der Waals surface area contributed by atoms with Gasteiger partial charge in [0.15, 0.2) is 11.5 Å². The first-order valence-electron chi connectivity index (χ1n) is 9.15. The van der Waals surface area contributed by atoms with Gasteiger partial charge in [0.2, 0.25) is 11.9 Å². The van der Waals surface area contributed by atoms with Crippen molar-refractivity contribution in [3.05, 3.63) is 54.3 Å². The van der Waals surface area contributed by atoms with E-state index in [0.29, 0.717) is 29.5 Å². The molecule has 5 rings (SSSR count). The van der Waals surface area contributed by atoms with Gasteiger partial charge < -0.3 is 10.6 Å². The zero-order valence-corrected chi connectivity index (χ0v) is 14.9. The number of rotatable bonds is 3. The molecule has 3 heterocycles. The summed E-state index contributed by atoms with van der Waals surface area (Å²) >= 11 is 0. The highest BCUT2D eigenvalue weighted by atomic mass is 19.1. The van der Waals surface area contributed by atoms with E-state index in [9.17, 15) is 9.18 Å². The summed E-state index contributed by atoms with van der Waals surface area (Å²) in [7, 11) is 0. The lowest BCUT2D eigenvalue weighted by Crippen LogP contribution is -2.44. The Labute approximate surface area is 159 Å². The SMILES string of the molecule is O=C1NCCCC1Nc1nc2ccccc2c2nc(-c3ccc(F)cc3)nn12. The Morgan fingerprint density at radius 1 is 1.11 bits per heavy atom. The molecule has 2 aromatic heterocycles. The summed E-state index contributed by atoms with van der Waals surface area (Å²) in [5.41, 5.74) is 2.09. The summed E-state index contributed by atoms with van der Waals surface area (Å²) in [4.78, 5) is 21.5. The van der Waals surface area contributed by atoms with Gasteiger partial charge in [-0.2, -0.15) is 4.52 Å². The Morgan fingerprint density at radius 3 is 2.75 bits per heavy atom. The maximum atomic E-state index is 13.3. The number of carbonyl (C=O) groups is 1. The number of piperidine rings is 1. The van der Waals surface area contributed by atoms with Crippen LogP contribution in [0.2, 0.25) is 0 Å². The number of nitrogens with one attached hydrogen (secondary N) is 2. The average Bonchev–Trinajstić information content (AvgIpc) is 3.16. The van der Waals surface area contributed by atoms with Gasteiger partial charge in [0, 0.05) is 17.5 Å². The zero-order valence-electron chi connectivity index (χ0n) is 14.9. The Hall–Kier alpha value is -3.55. The van der Waals surface area contributed by atoms with Gasteiger partial charge in [-0.15, -0.1) is 5.10 Å². The number of hydrogen-bond donors (Lipinski definition) is 2. The maximum Gasteiger partial charge on any atom is 0.242 e. The molecule has 1 saturated heterocycles. The number of fused-ring (bicyclic) bond motifs is 3. The predicted octanol–water partition coefficient (Wildman–Crippen LogP) is 2.77. The normalized spacial score (nSPS) is 17.0. The van der Waals surface area contributed by atoms with Gasteiger partial charge in [-0.25, -0.2) is 14.4 Å². The van der Waals surface area contributed by atoms with Gasteiger partial charge >= 0.3 is 0 Å². The summed E-state index contributed by atoms with van der Waals surface area (Å²) in [5.74, 6) is 0.560. The molecule has 0 bridgehead atoms. The fraction of sp³-hybridized carbons (Fsp3) is 0.200. The Bertz CT molecular complexity index is 1190. The van der Waals surface area contributed by atoms with Crippen molar-refractivity contribution >= 4 is 28.4 Å². The average molecular weight is 376 g/mol. The monoisotopic (exact) mass is 376 g/mol. The molecule has 2 aromatic carbocycles. The molecule has 4 aromatic rings. The van der Waals surface area contributed by atoms with Crippen LogP contribution in [0, 0.1) is 5.82 Å². The molecule has 8 heteroatoms. The summed E-state index contributed by atoms with van der Waals surface area (Å²) in [5, 5.41) is 11.5. The van der Waals surface area contributed by atoms with Crippen molar-refractivity contribution in [2.45, 2.75) is 18.9 Å². The minimum absolute atomic E-state index is 0.0479. The smallest absolute Gasteiger partial charge is 0.242 e. The van der Waals surface area contributed by atoms with E-state index in [1.165, 1.54) is 12.1 Å². The van der Waals surface area contributed by atoms with Crippen LogP contribution in [0.4, 0.5) is 10.3 Å². The molecule has 7 nitrogen and oxygen atoms in total. The lowest BCUT2D eigenvalue weighted by Gasteiger charge is -2.23. The van der Waals surface area contributed by atoms with Crippen LogP contribution in [0.25, 0.3) is 27.9 Å². The highest BCUT2D eigenvalue weighted by molar-refractivity contribution is 5.93. The highest BCUT2D eigenvalue weighted by Crippen LogP contribution is 2.25. The highest BCUT2D eigenvalue weighted by Gasteiger charge is 2.24. The Balaban J connectivity index is 1.67. The van der Waals surface area contributed by atoms with E-state index >= 15 is 0 Å². The van der Waals surface area contributed by atoms with Crippen LogP contribution in [0.5, 0.6) is 0 Å². The third-order valence-electron chi connectivity index (χ3n) is 4.87. The fourth-order valence-electron chi connectivity index (χ4n) is 3.44. The van der Waals surface area contributed by atoms with E-state index in [2.05, 4.69) is 25.7 Å². The van der Waals surface area contributed by atoms with Crippen LogP contribution in [0.3, 0.4) is 0 Å². The molecule has 1 aliphatic rings. The van der Waals surface area contributed by atoms with Crippen molar-refractivity contribution in [3.8, 4) is 11.4 Å². The third kappa shape index (κ3) is 2.83. The van der Waals surface area contributed by atoms with Gasteiger partial charge in [0.05, 0.1) is 5.52 Å². The maximum absolute atomic E-state index is 13.3. The number of para-hydroxylation sites is 1. The largest absolute Gasteiger partial charge is 0.354 e. The van der Waals surface area contributed by atoms with Crippen molar-refractivity contribution in [2.75, 3.05) is 11.9 Å². The summed E-state index contributed by atoms with van der Waals surface area (Å²) < 4.78 is 14.9. The number of anilines is 1. The topological polar surface area (TPSA) is 84.2 Å². The lowest BCUT2D eigenvalue weighted by atomic mass is 10.1. The van der Waals surface area contributed by atoms with Crippen LogP contribution in [0.15, 0.2) is 48.5 Å². The van der Waals surface area contributed by atoms with Crippen LogP contribution >= 0.6 is 0 Å². The minimum atomic E-state index is -0.371. The van der Waals surface area contributed by atoms with E-state index in [-0.39, 0.29) is 17.8 Å². The number of halogens is 1. The standard InChI is InChI=1S/C20H17FN6O/c21-13-9-7-12(8-10-13)17-25-18-14-4-1-2-5-15(14)23-20(27(18)26-17)24-16-6-3-11-22-19(16)28/h1-2,4-5,7-10,16H,3,6,11H2,(H,22,28)(H,23,24). The molecule has 1 fully saturated rings. The molecule has 1 aliphatic heterocycles. The van der Waals surface area contributed by atoms with Crippen LogP contribution in [-0.4, -0.2) is 38.1 Å². The molecule has 1 unspecified atom stereocenters. The Morgan fingerprint density at radius 2 is 1.93 bits per heavy atom. The molecule has 0 radical (unpaired) electrons. The molecule has 140 valence electrons. The van der Waals surface area contributed by atoms with Crippen LogP contribution in [0.1, 0.15) is 12.8 Å². The molecule has 0 saturated carbocycles. The lowest BCUT2D eigenvalue weighted by molar-refractivity contribution is -0.123. The van der Waals surface area contributed by atoms with Crippen molar-refractivity contribution in [3.63, 3.8) is 0 Å². The number of hydrogen-bond acceptors (Lipinski definition) is 5. The van der Waals surface area contributed by atoms with Crippen molar-refractivity contribution < 1.29 is 9.18 Å². The van der Waals surface area contributed by atoms with E-state index in [0.717, 1.165) is 23.7 Å². The third-order valence-corrected chi connectivity index (χ3v) is 4.87. The van der Waals surface area contributed by atoms with Crippen LogP contribution in [-0.2, 0) is 4.79 Å². The van der Waals surface area contributed by atoms with Gasteiger partial charge in [0.25, 0.3) is 0 Å². The predicted molar refractivity (Wildman–Crippen MR) is 103 cm³/mol. The van der Waals surface area contributed by atoms with Crippen molar-refractivity contribution in [1.29, 1.82) is 0 Å². The van der Waals surface area contributed by atoms with E-state index in [1.807, 2.05) is 24.3 Å². The molecular weight excluding hydrogens is 359 g/mol. The second-order valence-electron chi connectivity index (χ2n) is 6.76. The second kappa shape index (κ2) is 6.56. The van der Waals surface area contributed by atoms with E-state index in [4.69, 9.17) is 0 Å². The summed E-state index contributed by atoms with van der Waals surface area (Å²) in [6, 6.07) is 13.3. The fourth-order valence-corrected chi connectivity index (χ4v) is 3.44. The molecule has 0 aliphatic carbocycles. The first-order chi connectivity index (χ1) is 13.7. The van der Waals surface area contributed by atoms with Gasteiger partial charge in [-0.1, -0.05) is 12.1 Å². The van der Waals surface area contributed by atoms with Gasteiger partial charge in [-0.3, -0.25) is 4.79 Å². The second-order valence-corrected chi connectivity index (χ2v) is 6.76. The quantitative estimate of drug-likeness (QED) is 0.574. The summed E-state index contributed by atoms with van der Waals surface area (Å²) in [6.07, 6.45) is 1.62. The molecule has 1 atom stereocenters. The first-order valence-corrected chi connectivity index (χ1v) is 9.15. The molecule has 0 spiro atoms. The first kappa shape index (κ1) is 16.6. The van der Waals surface area contributed by atoms with Crippen LogP contribution < -0.4 is 10.6 Å². The molecular formula is C20H17FN6O.